The maximum atomic E-state index is 6.18. The second kappa shape index (κ2) is 7.71. The summed E-state index contributed by atoms with van der Waals surface area (Å²) in [4.78, 5) is 5.39. The molecule has 0 amide bonds. The number of para-hydroxylation sites is 1. The standard InChI is InChI=1S/C11H16ClN3.C8H7N/c1-14-6-5-9-10(12)3-2-4-11(9)15(13)8-7-14;1-2-4-8-7(3-1)5-6-9-8/h2-4H,5-8,13H2,1H3;1-6,9H. The van der Waals surface area contributed by atoms with E-state index in [2.05, 4.69) is 35.1 Å². The summed E-state index contributed by atoms with van der Waals surface area (Å²) in [6.07, 6.45) is 2.91. The number of aromatic nitrogens is 1. The van der Waals surface area contributed by atoms with E-state index in [-0.39, 0.29) is 0 Å². The zero-order valence-electron chi connectivity index (χ0n) is 13.9. The van der Waals surface area contributed by atoms with E-state index < -0.39 is 0 Å². The average Bonchev–Trinajstić information content (AvgIpc) is 3.06. The minimum absolute atomic E-state index is 0.818. The highest BCUT2D eigenvalue weighted by atomic mass is 35.5. The van der Waals surface area contributed by atoms with Crippen molar-refractivity contribution >= 4 is 28.2 Å². The number of hydrogen-bond acceptors (Lipinski definition) is 3. The second-order valence-electron chi connectivity index (χ2n) is 6.05. The molecule has 2 aromatic carbocycles. The van der Waals surface area contributed by atoms with Crippen LogP contribution in [0.25, 0.3) is 10.9 Å². The highest BCUT2D eigenvalue weighted by Gasteiger charge is 2.15. The van der Waals surface area contributed by atoms with Gasteiger partial charge < -0.3 is 14.9 Å². The Morgan fingerprint density at radius 1 is 1.00 bits per heavy atom. The Hall–Kier alpha value is -2.01. The summed E-state index contributed by atoms with van der Waals surface area (Å²) in [7, 11) is 2.11. The molecule has 24 heavy (non-hydrogen) atoms. The maximum absolute atomic E-state index is 6.18. The van der Waals surface area contributed by atoms with Crippen molar-refractivity contribution in [1.29, 1.82) is 0 Å². The molecule has 0 saturated heterocycles. The minimum atomic E-state index is 0.818. The van der Waals surface area contributed by atoms with E-state index in [1.54, 1.807) is 5.01 Å². The fourth-order valence-corrected chi connectivity index (χ4v) is 3.14. The zero-order chi connectivity index (χ0) is 16.9. The van der Waals surface area contributed by atoms with Crippen molar-refractivity contribution in [2.24, 2.45) is 5.84 Å². The van der Waals surface area contributed by atoms with Gasteiger partial charge >= 0.3 is 0 Å². The number of hydrogen-bond donors (Lipinski definition) is 2. The smallest absolute Gasteiger partial charge is 0.0565 e. The summed E-state index contributed by atoms with van der Waals surface area (Å²) in [5.41, 5.74) is 3.43. The molecular weight excluding hydrogens is 320 g/mol. The van der Waals surface area contributed by atoms with E-state index in [1.165, 1.54) is 10.9 Å². The monoisotopic (exact) mass is 342 g/mol. The van der Waals surface area contributed by atoms with Gasteiger partial charge in [-0.3, -0.25) is 0 Å². The van der Waals surface area contributed by atoms with Crippen molar-refractivity contribution in [1.82, 2.24) is 9.88 Å². The number of benzene rings is 2. The van der Waals surface area contributed by atoms with Gasteiger partial charge in [-0.2, -0.15) is 0 Å². The van der Waals surface area contributed by atoms with Crippen molar-refractivity contribution in [2.75, 3.05) is 31.7 Å². The van der Waals surface area contributed by atoms with Crippen LogP contribution in [0.5, 0.6) is 0 Å². The predicted molar refractivity (Wildman–Crippen MR) is 102 cm³/mol. The molecule has 0 atom stereocenters. The largest absolute Gasteiger partial charge is 0.361 e. The van der Waals surface area contributed by atoms with Crippen LogP contribution in [-0.2, 0) is 6.42 Å². The fourth-order valence-electron chi connectivity index (χ4n) is 2.87. The van der Waals surface area contributed by atoms with Gasteiger partial charge in [0.25, 0.3) is 0 Å². The van der Waals surface area contributed by atoms with Crippen LogP contribution in [0.1, 0.15) is 5.56 Å². The molecule has 0 saturated carbocycles. The highest BCUT2D eigenvalue weighted by molar-refractivity contribution is 6.31. The number of anilines is 1. The van der Waals surface area contributed by atoms with Gasteiger partial charge in [0.2, 0.25) is 0 Å². The molecule has 1 aliphatic heterocycles. The normalized spacial score (nSPS) is 15.2. The van der Waals surface area contributed by atoms with Crippen molar-refractivity contribution < 1.29 is 0 Å². The lowest BCUT2D eigenvalue weighted by molar-refractivity contribution is 0.339. The number of likely N-dealkylation sites (N-methyl/N-ethyl adjacent to an activating group) is 1. The van der Waals surface area contributed by atoms with E-state index in [0.29, 0.717) is 0 Å². The highest BCUT2D eigenvalue weighted by Crippen LogP contribution is 2.27. The SMILES string of the molecule is CN1CCc2c(Cl)cccc2N(N)CC1.c1ccc2[nH]ccc2c1. The first kappa shape index (κ1) is 16.8. The number of nitrogens with two attached hydrogens (primary N) is 1. The second-order valence-corrected chi connectivity index (χ2v) is 6.46. The Morgan fingerprint density at radius 3 is 2.67 bits per heavy atom. The van der Waals surface area contributed by atoms with E-state index >= 15 is 0 Å². The van der Waals surface area contributed by atoms with Gasteiger partial charge in [0.05, 0.1) is 5.69 Å². The van der Waals surface area contributed by atoms with Crippen LogP contribution in [0.3, 0.4) is 0 Å². The number of nitrogens with one attached hydrogen (secondary N) is 1. The molecule has 0 aliphatic carbocycles. The third kappa shape index (κ3) is 3.90. The first-order valence-corrected chi connectivity index (χ1v) is 8.53. The van der Waals surface area contributed by atoms with Crippen molar-refractivity contribution in [3.8, 4) is 0 Å². The lowest BCUT2D eigenvalue weighted by Gasteiger charge is -2.29. The summed E-state index contributed by atoms with van der Waals surface area (Å²) in [6.45, 7) is 2.86. The summed E-state index contributed by atoms with van der Waals surface area (Å²) in [5, 5.41) is 3.88. The van der Waals surface area contributed by atoms with Crippen molar-refractivity contribution in [3.05, 3.63) is 65.3 Å². The summed E-state index contributed by atoms with van der Waals surface area (Å²) in [6, 6.07) is 16.2. The van der Waals surface area contributed by atoms with Crippen molar-refractivity contribution in [2.45, 2.75) is 6.42 Å². The molecule has 3 aromatic rings. The first-order chi connectivity index (χ1) is 11.6. The van der Waals surface area contributed by atoms with E-state index in [4.69, 9.17) is 17.4 Å². The number of rotatable bonds is 0. The topological polar surface area (TPSA) is 48.3 Å². The number of halogens is 1. The first-order valence-electron chi connectivity index (χ1n) is 8.15. The quantitative estimate of drug-likeness (QED) is 0.613. The summed E-state index contributed by atoms with van der Waals surface area (Å²) < 4.78 is 0. The molecule has 5 heteroatoms. The Labute approximate surface area is 147 Å². The number of H-pyrrole nitrogens is 1. The Kier molecular flexibility index (Phi) is 5.41. The van der Waals surface area contributed by atoms with Crippen LogP contribution in [0.2, 0.25) is 5.02 Å². The van der Waals surface area contributed by atoms with Crippen LogP contribution in [0.4, 0.5) is 5.69 Å². The average molecular weight is 343 g/mol. The molecule has 1 aromatic heterocycles. The Morgan fingerprint density at radius 2 is 1.83 bits per heavy atom. The van der Waals surface area contributed by atoms with E-state index in [0.717, 1.165) is 42.3 Å². The Bertz CT molecular complexity index is 769. The van der Waals surface area contributed by atoms with E-state index in [1.807, 2.05) is 36.5 Å². The molecule has 2 heterocycles. The lowest BCUT2D eigenvalue weighted by atomic mass is 10.1. The van der Waals surface area contributed by atoms with Crippen molar-refractivity contribution in [3.63, 3.8) is 0 Å². The van der Waals surface area contributed by atoms with Crippen LogP contribution < -0.4 is 10.9 Å². The molecule has 0 unspecified atom stereocenters. The van der Waals surface area contributed by atoms with Crippen LogP contribution in [0, 0.1) is 0 Å². The molecule has 0 bridgehead atoms. The molecular formula is C19H23ClN4. The van der Waals surface area contributed by atoms with Gasteiger partial charge in [0.1, 0.15) is 0 Å². The molecule has 3 N–H and O–H groups in total. The predicted octanol–water partition coefficient (Wildman–Crippen LogP) is 3.68. The lowest BCUT2D eigenvalue weighted by Crippen LogP contribution is -2.41. The minimum Gasteiger partial charge on any atom is -0.361 e. The van der Waals surface area contributed by atoms with Crippen LogP contribution in [-0.4, -0.2) is 36.6 Å². The fraction of sp³-hybridized carbons (Fsp3) is 0.263. The number of hydrazine groups is 1. The van der Waals surface area contributed by atoms with Crippen LogP contribution in [0.15, 0.2) is 54.7 Å². The molecule has 0 spiro atoms. The molecule has 4 nitrogen and oxygen atoms in total. The zero-order valence-corrected chi connectivity index (χ0v) is 14.6. The molecule has 1 aliphatic rings. The van der Waals surface area contributed by atoms with Crippen LogP contribution >= 0.6 is 11.6 Å². The van der Waals surface area contributed by atoms with Gasteiger partial charge in [-0.05, 0) is 48.7 Å². The Balaban J connectivity index is 0.000000159. The van der Waals surface area contributed by atoms with Gasteiger partial charge in [-0.25, -0.2) is 5.84 Å². The number of fused-ring (bicyclic) bond motifs is 2. The summed E-state index contributed by atoms with van der Waals surface area (Å²) >= 11 is 6.18. The molecule has 0 radical (unpaired) electrons. The van der Waals surface area contributed by atoms with E-state index in [9.17, 15) is 0 Å². The summed E-state index contributed by atoms with van der Waals surface area (Å²) in [5.74, 6) is 5.99. The maximum Gasteiger partial charge on any atom is 0.0565 e. The van der Waals surface area contributed by atoms with Gasteiger partial charge in [-0.15, -0.1) is 0 Å². The molecule has 0 fully saturated rings. The molecule has 126 valence electrons. The molecule has 4 rings (SSSR count). The third-order valence-electron chi connectivity index (χ3n) is 4.33. The van der Waals surface area contributed by atoms with Gasteiger partial charge in [0, 0.05) is 36.4 Å². The number of aromatic amines is 1. The van der Waals surface area contributed by atoms with Gasteiger partial charge in [0.15, 0.2) is 0 Å². The van der Waals surface area contributed by atoms with Gasteiger partial charge in [-0.1, -0.05) is 35.9 Å². The third-order valence-corrected chi connectivity index (χ3v) is 4.69. The number of nitrogens with zero attached hydrogens (tertiary/aromatic N) is 2.